The Morgan fingerprint density at radius 1 is 1.35 bits per heavy atom. The molecule has 17 heavy (non-hydrogen) atoms. The van der Waals surface area contributed by atoms with Crippen molar-refractivity contribution in [3.05, 3.63) is 12.3 Å². The van der Waals surface area contributed by atoms with Gasteiger partial charge in [0.05, 0.1) is 6.26 Å². The molecular formula is C12H16O5. The summed E-state index contributed by atoms with van der Waals surface area (Å²) in [5.41, 5.74) is -0.772. The van der Waals surface area contributed by atoms with Crippen LogP contribution >= 0.6 is 0 Å². The van der Waals surface area contributed by atoms with E-state index in [0.717, 1.165) is 0 Å². The van der Waals surface area contributed by atoms with Crippen LogP contribution in [0.1, 0.15) is 27.2 Å². The maximum atomic E-state index is 11.2. The second-order valence-corrected chi connectivity index (χ2v) is 4.66. The van der Waals surface area contributed by atoms with E-state index in [1.807, 2.05) is 6.92 Å². The quantitative estimate of drug-likeness (QED) is 0.678. The van der Waals surface area contributed by atoms with Crippen LogP contribution in [0.3, 0.4) is 0 Å². The molecule has 2 aliphatic rings. The first-order valence-corrected chi connectivity index (χ1v) is 5.64. The number of hydrogen-bond acceptors (Lipinski definition) is 5. The van der Waals surface area contributed by atoms with Crippen molar-refractivity contribution in [2.24, 2.45) is 5.92 Å². The summed E-state index contributed by atoms with van der Waals surface area (Å²) < 4.78 is 16.0. The average molecular weight is 240 g/mol. The lowest BCUT2D eigenvalue weighted by Gasteiger charge is -2.27. The third-order valence-electron chi connectivity index (χ3n) is 3.19. The summed E-state index contributed by atoms with van der Waals surface area (Å²) in [6.07, 6.45) is 3.05. The Bertz CT molecular complexity index is 375. The lowest BCUT2D eigenvalue weighted by molar-refractivity contribution is -0.165. The molecule has 0 amide bonds. The monoisotopic (exact) mass is 240 g/mol. The topological polar surface area (TPSA) is 61.8 Å². The Morgan fingerprint density at radius 3 is 2.65 bits per heavy atom. The van der Waals surface area contributed by atoms with Crippen molar-refractivity contribution in [3.63, 3.8) is 0 Å². The fourth-order valence-electron chi connectivity index (χ4n) is 2.68. The second-order valence-electron chi connectivity index (χ2n) is 4.66. The number of hydrogen-bond donors (Lipinski definition) is 0. The number of carbonyl (C=O) groups is 2. The van der Waals surface area contributed by atoms with Crippen LogP contribution in [0.5, 0.6) is 0 Å². The highest BCUT2D eigenvalue weighted by atomic mass is 16.6. The predicted molar refractivity (Wildman–Crippen MR) is 57.8 cm³/mol. The SMILES string of the molecule is CC(=O)O[C@H]1[C@H]2OC=C[C@@]2(OC(C)=O)C[C@@H]1C. The zero-order valence-electron chi connectivity index (χ0n) is 10.1. The molecule has 1 aliphatic heterocycles. The van der Waals surface area contributed by atoms with Gasteiger partial charge in [-0.2, -0.15) is 0 Å². The van der Waals surface area contributed by atoms with Crippen LogP contribution in [0.2, 0.25) is 0 Å². The standard InChI is InChI=1S/C12H16O5/c1-7-6-12(17-9(3)14)4-5-15-11(12)10(7)16-8(2)13/h4-5,7,10-11H,6H2,1-3H3/t7-,10+,11+,12+/m0/s1. The van der Waals surface area contributed by atoms with E-state index in [4.69, 9.17) is 14.2 Å². The van der Waals surface area contributed by atoms with Crippen molar-refractivity contribution >= 4 is 11.9 Å². The third kappa shape index (κ3) is 2.01. The van der Waals surface area contributed by atoms with Crippen LogP contribution in [0.25, 0.3) is 0 Å². The maximum absolute atomic E-state index is 11.2. The van der Waals surface area contributed by atoms with Crippen molar-refractivity contribution in [2.45, 2.75) is 45.0 Å². The van der Waals surface area contributed by atoms with Crippen molar-refractivity contribution in [1.82, 2.24) is 0 Å². The molecule has 1 heterocycles. The van der Waals surface area contributed by atoms with Crippen LogP contribution in [-0.2, 0) is 23.8 Å². The molecule has 4 atom stereocenters. The van der Waals surface area contributed by atoms with Gasteiger partial charge in [-0.1, -0.05) is 6.92 Å². The van der Waals surface area contributed by atoms with E-state index < -0.39 is 11.7 Å². The fraction of sp³-hybridized carbons (Fsp3) is 0.667. The Hall–Kier alpha value is -1.52. The van der Waals surface area contributed by atoms with E-state index >= 15 is 0 Å². The predicted octanol–water partition coefficient (Wildman–Crippen LogP) is 1.17. The van der Waals surface area contributed by atoms with Gasteiger partial charge in [-0.3, -0.25) is 9.59 Å². The van der Waals surface area contributed by atoms with Gasteiger partial charge in [-0.15, -0.1) is 0 Å². The Morgan fingerprint density at radius 2 is 2.06 bits per heavy atom. The molecule has 0 aromatic rings. The lowest BCUT2D eigenvalue weighted by Crippen LogP contribution is -2.43. The Labute approximate surface area is 99.7 Å². The van der Waals surface area contributed by atoms with E-state index in [-0.39, 0.29) is 24.0 Å². The zero-order chi connectivity index (χ0) is 12.6. The Kier molecular flexibility index (Phi) is 2.85. The lowest BCUT2D eigenvalue weighted by atomic mass is 10.00. The van der Waals surface area contributed by atoms with E-state index in [9.17, 15) is 9.59 Å². The molecule has 2 rings (SSSR count). The first kappa shape index (κ1) is 12.0. The number of ether oxygens (including phenoxy) is 3. The smallest absolute Gasteiger partial charge is 0.303 e. The summed E-state index contributed by atoms with van der Waals surface area (Å²) in [5.74, 6) is -0.620. The first-order chi connectivity index (χ1) is 7.94. The highest BCUT2D eigenvalue weighted by Crippen LogP contribution is 2.45. The number of fused-ring (bicyclic) bond motifs is 1. The molecule has 0 radical (unpaired) electrons. The van der Waals surface area contributed by atoms with Gasteiger partial charge in [0.25, 0.3) is 0 Å². The highest BCUT2D eigenvalue weighted by Gasteiger charge is 2.58. The van der Waals surface area contributed by atoms with Crippen LogP contribution < -0.4 is 0 Å². The van der Waals surface area contributed by atoms with Gasteiger partial charge >= 0.3 is 11.9 Å². The van der Waals surface area contributed by atoms with Crippen molar-refractivity contribution in [2.75, 3.05) is 0 Å². The molecule has 0 aromatic heterocycles. The number of esters is 2. The summed E-state index contributed by atoms with van der Waals surface area (Å²) in [6.45, 7) is 4.68. The molecule has 0 unspecified atom stereocenters. The molecule has 1 fully saturated rings. The minimum atomic E-state index is -0.772. The van der Waals surface area contributed by atoms with Crippen LogP contribution in [0, 0.1) is 5.92 Å². The number of carbonyl (C=O) groups excluding carboxylic acids is 2. The molecule has 5 heteroatoms. The van der Waals surface area contributed by atoms with Crippen LogP contribution in [0.15, 0.2) is 12.3 Å². The van der Waals surface area contributed by atoms with Gasteiger partial charge in [0, 0.05) is 26.2 Å². The molecule has 0 bridgehead atoms. The molecule has 0 N–H and O–H groups in total. The van der Waals surface area contributed by atoms with Crippen molar-refractivity contribution in [1.29, 1.82) is 0 Å². The summed E-state index contributed by atoms with van der Waals surface area (Å²) in [5, 5.41) is 0. The molecule has 94 valence electrons. The fourth-order valence-corrected chi connectivity index (χ4v) is 2.68. The minimum Gasteiger partial charge on any atom is -0.490 e. The van der Waals surface area contributed by atoms with E-state index in [0.29, 0.717) is 6.42 Å². The third-order valence-corrected chi connectivity index (χ3v) is 3.19. The van der Waals surface area contributed by atoms with Gasteiger partial charge in [0.15, 0.2) is 11.7 Å². The number of rotatable bonds is 2. The van der Waals surface area contributed by atoms with Crippen molar-refractivity contribution in [3.8, 4) is 0 Å². The van der Waals surface area contributed by atoms with Gasteiger partial charge in [-0.05, 0) is 6.08 Å². The molecular weight excluding hydrogens is 224 g/mol. The van der Waals surface area contributed by atoms with Gasteiger partial charge in [0.1, 0.15) is 6.10 Å². The average Bonchev–Trinajstić information content (AvgIpc) is 2.64. The molecule has 1 aliphatic carbocycles. The van der Waals surface area contributed by atoms with Crippen LogP contribution in [-0.4, -0.2) is 29.7 Å². The second kappa shape index (κ2) is 4.05. The normalized spacial score (nSPS) is 38.4. The molecule has 1 saturated carbocycles. The molecule has 5 nitrogen and oxygen atoms in total. The van der Waals surface area contributed by atoms with Gasteiger partial charge in [-0.25, -0.2) is 0 Å². The van der Waals surface area contributed by atoms with Gasteiger partial charge in [0.2, 0.25) is 0 Å². The Balaban J connectivity index is 2.20. The van der Waals surface area contributed by atoms with Crippen molar-refractivity contribution < 1.29 is 23.8 Å². The maximum Gasteiger partial charge on any atom is 0.303 e. The highest BCUT2D eigenvalue weighted by molar-refractivity contribution is 5.68. The van der Waals surface area contributed by atoms with E-state index in [1.165, 1.54) is 20.1 Å². The molecule has 0 saturated heterocycles. The summed E-state index contributed by atoms with van der Waals surface area (Å²) in [6, 6.07) is 0. The minimum absolute atomic E-state index is 0.0909. The largest absolute Gasteiger partial charge is 0.490 e. The first-order valence-electron chi connectivity index (χ1n) is 5.64. The van der Waals surface area contributed by atoms with Crippen LogP contribution in [0.4, 0.5) is 0 Å². The van der Waals surface area contributed by atoms with Gasteiger partial charge < -0.3 is 14.2 Å². The zero-order valence-corrected chi connectivity index (χ0v) is 10.1. The molecule has 0 aromatic carbocycles. The summed E-state index contributed by atoms with van der Waals surface area (Å²) in [4.78, 5) is 22.2. The summed E-state index contributed by atoms with van der Waals surface area (Å²) >= 11 is 0. The molecule has 0 spiro atoms. The van der Waals surface area contributed by atoms with E-state index in [1.54, 1.807) is 6.08 Å². The summed E-state index contributed by atoms with van der Waals surface area (Å²) in [7, 11) is 0. The van der Waals surface area contributed by atoms with E-state index in [2.05, 4.69) is 0 Å².